The average molecular weight is 1230 g/mol. The van der Waals surface area contributed by atoms with Gasteiger partial charge in [-0.25, -0.2) is 0 Å². The van der Waals surface area contributed by atoms with Crippen LogP contribution in [0, 0.1) is 0 Å². The van der Waals surface area contributed by atoms with E-state index in [4.69, 9.17) is 0 Å². The van der Waals surface area contributed by atoms with Gasteiger partial charge in [-0.3, -0.25) is 0 Å². The van der Waals surface area contributed by atoms with Crippen molar-refractivity contribution in [2.24, 2.45) is 0 Å². The first-order valence-electron chi connectivity index (χ1n) is 31.3. The Morgan fingerprint density at radius 1 is 0.286 bits per heavy atom. The number of pyridine rings is 1. The Balaban J connectivity index is 0.883. The summed E-state index contributed by atoms with van der Waals surface area (Å²) in [5.74, 6) is 0. The van der Waals surface area contributed by atoms with Gasteiger partial charge < -0.3 is 9.13 Å². The van der Waals surface area contributed by atoms with E-state index in [0.717, 1.165) is 17.9 Å². The number of rotatable bonds is 14. The molecule has 91 heavy (non-hydrogen) atoms. The predicted molar refractivity (Wildman–Crippen MR) is 388 cm³/mol. The molecule has 0 spiro atoms. The molecule has 1 aliphatic rings. The summed E-state index contributed by atoms with van der Waals surface area (Å²) in [7, 11) is -6.39. The lowest BCUT2D eigenvalue weighted by Crippen LogP contribution is -2.75. The fourth-order valence-electron chi connectivity index (χ4n) is 15.0. The highest BCUT2D eigenvalue weighted by atomic mass is 32.2. The Kier molecular flexibility index (Phi) is 13.8. The van der Waals surface area contributed by atoms with Gasteiger partial charge in [-0.1, -0.05) is 272 Å². The third-order valence-corrected chi connectivity index (χ3v) is 31.1. The van der Waals surface area contributed by atoms with Crippen LogP contribution in [0.1, 0.15) is 5.56 Å². The molecule has 3 aromatic heterocycles. The maximum Gasteiger partial charge on any atom is 0.214 e. The van der Waals surface area contributed by atoms with Crippen LogP contribution in [-0.4, -0.2) is 25.3 Å². The van der Waals surface area contributed by atoms with Crippen LogP contribution in [0.25, 0.3) is 66.2 Å². The number of para-hydroxylation sites is 4. The van der Waals surface area contributed by atoms with Crippen molar-refractivity contribution < 1.29 is 4.57 Å². The zero-order valence-corrected chi connectivity index (χ0v) is 53.5. The van der Waals surface area contributed by atoms with Gasteiger partial charge in [-0.05, 0) is 126 Å². The molecular formula is C84H60N3S2Si2+. The van der Waals surface area contributed by atoms with Gasteiger partial charge in [0.1, 0.15) is 0 Å². The highest BCUT2D eigenvalue weighted by Gasteiger charge is 2.46. The van der Waals surface area contributed by atoms with E-state index < -0.39 is 16.1 Å². The Labute approximate surface area is 540 Å². The summed E-state index contributed by atoms with van der Waals surface area (Å²) < 4.78 is 7.27. The van der Waals surface area contributed by atoms with E-state index in [2.05, 4.69) is 366 Å². The first kappa shape index (κ1) is 54.9. The van der Waals surface area contributed by atoms with E-state index in [1.165, 1.54) is 122 Å². The van der Waals surface area contributed by atoms with Crippen LogP contribution in [0.2, 0.25) is 0 Å². The smallest absolute Gasteiger partial charge is 0.214 e. The highest BCUT2D eigenvalue weighted by Crippen LogP contribution is 2.41. The van der Waals surface area contributed by atoms with Crippen LogP contribution >= 0.6 is 23.5 Å². The molecule has 7 heteroatoms. The van der Waals surface area contributed by atoms with E-state index in [-0.39, 0.29) is 0 Å². The van der Waals surface area contributed by atoms with Gasteiger partial charge in [-0.15, -0.1) is 0 Å². The lowest BCUT2D eigenvalue weighted by Gasteiger charge is -2.37. The zero-order chi connectivity index (χ0) is 60.3. The normalized spacial score (nSPS) is 12.2. The molecule has 13 aromatic carbocycles. The van der Waals surface area contributed by atoms with Crippen molar-refractivity contribution in [1.82, 2.24) is 9.13 Å². The summed E-state index contributed by atoms with van der Waals surface area (Å²) in [6.07, 6.45) is 2.22. The highest BCUT2D eigenvalue weighted by molar-refractivity contribution is 8.00. The van der Waals surface area contributed by atoms with E-state index in [9.17, 15) is 0 Å². The molecule has 16 aromatic rings. The van der Waals surface area contributed by atoms with Gasteiger partial charge in [-0.2, -0.15) is 4.57 Å². The first-order valence-corrected chi connectivity index (χ1v) is 36.9. The van der Waals surface area contributed by atoms with Crippen LogP contribution in [0.3, 0.4) is 0 Å². The topological polar surface area (TPSA) is 13.7 Å². The molecule has 1 aliphatic heterocycles. The van der Waals surface area contributed by atoms with Gasteiger partial charge >= 0.3 is 0 Å². The number of aromatic nitrogens is 3. The van der Waals surface area contributed by atoms with Crippen molar-refractivity contribution in [1.29, 1.82) is 0 Å². The standard InChI is InChI=1S/C84H60N3S2Si2/c1-5-27-64(28-6-1)90(65-29-7-2-8-30-65,68-52-47-61(48-53-68)86-74-39-17-13-35-70(74)71-36-14-18-40-75(71)86)82-46-22-21-44-79(82)88-63-51-56-80(89-81-45-25-26-60-59-85-57-24-23-43-78(85)84(60)81)83(58-63)91(66-31-9-3-10-32-66,67-33-11-4-12-34-67)69-54-49-62(50-55-69)87-76-41-19-15-37-72(76)73-38-16-20-42-77(73)87/h1-58H,59H2/q+1. The van der Waals surface area contributed by atoms with E-state index >= 15 is 0 Å². The number of nitrogens with zero attached hydrogens (tertiary/aromatic N) is 3. The Bertz CT molecular complexity index is 5190. The van der Waals surface area contributed by atoms with Crippen molar-refractivity contribution in [2.45, 2.75) is 26.1 Å². The fourth-order valence-corrected chi connectivity index (χ4v) is 27.8. The van der Waals surface area contributed by atoms with E-state index in [1.807, 2.05) is 23.5 Å². The molecular weight excluding hydrogens is 1170 g/mol. The fraction of sp³-hybridized carbons (Fsp3) is 0.0119. The molecule has 0 aliphatic carbocycles. The SMILES string of the molecule is c1ccc([Si](c2ccccc2)(c2ccc(-n3c4ccccc4c4ccccc43)cc2)c2ccccc2Sc2ccc(Sc3cccc4c3-c3cccc[n+]3C4)c([Si](c3ccccc3)(c3ccccc3)c3ccc(-n4c5ccccc5c5ccccc54)cc3)c2)cc1. The zero-order valence-electron chi connectivity index (χ0n) is 49.9. The van der Waals surface area contributed by atoms with Gasteiger partial charge in [0.05, 0.1) is 27.6 Å². The van der Waals surface area contributed by atoms with Crippen LogP contribution in [-0.2, 0) is 6.54 Å². The van der Waals surface area contributed by atoms with Crippen molar-refractivity contribution >= 4 is 125 Å². The second-order valence-electron chi connectivity index (χ2n) is 23.7. The lowest BCUT2D eigenvalue weighted by atomic mass is 10.1. The lowest BCUT2D eigenvalue weighted by molar-refractivity contribution is -0.672. The van der Waals surface area contributed by atoms with Crippen LogP contribution in [0.4, 0.5) is 0 Å². The quantitative estimate of drug-likeness (QED) is 0.0612. The minimum atomic E-state index is -3.27. The Hall–Kier alpha value is -10.3. The van der Waals surface area contributed by atoms with Crippen LogP contribution < -0.4 is 46.1 Å². The molecule has 0 atom stereocenters. The van der Waals surface area contributed by atoms with Gasteiger partial charge in [0, 0.05) is 70.2 Å². The van der Waals surface area contributed by atoms with Gasteiger partial charge in [0.2, 0.25) is 5.69 Å². The first-order chi connectivity index (χ1) is 45.1. The second-order valence-corrected chi connectivity index (χ2v) is 33.4. The molecule has 0 saturated carbocycles. The minimum Gasteiger partial charge on any atom is -0.309 e. The van der Waals surface area contributed by atoms with Gasteiger partial charge in [0.25, 0.3) is 0 Å². The summed E-state index contributed by atoms with van der Waals surface area (Å²) in [6, 6.07) is 131. The molecule has 17 rings (SSSR count). The largest absolute Gasteiger partial charge is 0.309 e. The Morgan fingerprint density at radius 2 is 0.670 bits per heavy atom. The van der Waals surface area contributed by atoms with Gasteiger partial charge in [0.15, 0.2) is 28.9 Å². The average Bonchev–Trinajstić information content (AvgIpc) is 1.72. The van der Waals surface area contributed by atoms with Crippen LogP contribution in [0.15, 0.2) is 372 Å². The Morgan fingerprint density at radius 3 is 1.15 bits per heavy atom. The molecule has 0 unspecified atom stereocenters. The van der Waals surface area contributed by atoms with Crippen molar-refractivity contribution in [3.05, 3.63) is 358 Å². The maximum atomic E-state index is 2.61. The molecule has 0 N–H and O–H groups in total. The summed E-state index contributed by atoms with van der Waals surface area (Å²) in [4.78, 5) is 4.96. The summed E-state index contributed by atoms with van der Waals surface area (Å²) in [6.45, 7) is 0.856. The molecule has 430 valence electrons. The predicted octanol–water partition coefficient (Wildman–Crippen LogP) is 15.3. The van der Waals surface area contributed by atoms with E-state index in [1.54, 1.807) is 0 Å². The van der Waals surface area contributed by atoms with Crippen molar-refractivity contribution in [2.75, 3.05) is 0 Å². The molecule has 4 heterocycles. The maximum absolute atomic E-state index is 3.27. The second kappa shape index (κ2) is 23.0. The summed E-state index contributed by atoms with van der Waals surface area (Å²) >= 11 is 3.84. The summed E-state index contributed by atoms with van der Waals surface area (Å²) in [5.41, 5.74) is 11.0. The number of hydrogen-bond acceptors (Lipinski definition) is 2. The number of benzene rings is 13. The van der Waals surface area contributed by atoms with Crippen molar-refractivity contribution in [3.63, 3.8) is 0 Å². The molecule has 0 bridgehead atoms. The molecule has 0 fully saturated rings. The number of hydrogen-bond donors (Lipinski definition) is 0. The minimum absolute atomic E-state index is 0.856. The molecule has 3 nitrogen and oxygen atoms in total. The molecule has 0 saturated heterocycles. The van der Waals surface area contributed by atoms with E-state index in [0.29, 0.717) is 0 Å². The van der Waals surface area contributed by atoms with Crippen molar-refractivity contribution in [3.8, 4) is 22.6 Å². The third kappa shape index (κ3) is 9.05. The third-order valence-electron chi connectivity index (χ3n) is 18.8. The summed E-state index contributed by atoms with van der Waals surface area (Å²) in [5, 5.41) is 15.7. The molecule has 0 radical (unpaired) electrons. The monoisotopic (exact) mass is 1230 g/mol. The van der Waals surface area contributed by atoms with Crippen LogP contribution in [0.5, 0.6) is 0 Å². The number of fused-ring (bicyclic) bond motifs is 9. The molecule has 0 amide bonds.